The zero-order valence-corrected chi connectivity index (χ0v) is 8.07. The Hall–Kier alpha value is -1.87. The largest absolute Gasteiger partial charge is 0.290 e. The van der Waals surface area contributed by atoms with Crippen LogP contribution < -0.4 is 0 Å². The smallest absolute Gasteiger partial charge is 0.255 e. The molecule has 0 N–H and O–H groups in total. The lowest BCUT2D eigenvalue weighted by molar-refractivity contribution is 0.0735. The fourth-order valence-corrected chi connectivity index (χ4v) is 1.88. The number of nitrogens with zero attached hydrogens (tertiary/aromatic N) is 3. The number of aryl methyl sites for hydroxylation is 1. The van der Waals surface area contributed by atoms with Gasteiger partial charge in [0.2, 0.25) is 5.78 Å². The molecule has 0 fully saturated rings. The highest BCUT2D eigenvalue weighted by Crippen LogP contribution is 2.35. The van der Waals surface area contributed by atoms with E-state index in [4.69, 9.17) is 5.53 Å². The van der Waals surface area contributed by atoms with E-state index in [-0.39, 0.29) is 6.42 Å². The van der Waals surface area contributed by atoms with E-state index < -0.39 is 11.6 Å². The number of carbonyl (C=O) groups excluding carboxylic acids is 1. The van der Waals surface area contributed by atoms with Gasteiger partial charge in [0, 0.05) is 16.9 Å². The monoisotopic (exact) mass is 205 g/mol. The number of Topliss-reactive ketones (excluding diaryl/α,β-unsaturated/α-hetero) is 1. The Labute approximate surface area is 85.3 Å². The minimum Gasteiger partial charge on any atom is -0.290 e. The summed E-state index contributed by atoms with van der Waals surface area (Å²) in [5.41, 5.74) is 9.90. The predicted octanol–water partition coefficient (Wildman–Crippen LogP) is 2.71. The van der Waals surface area contributed by atoms with Gasteiger partial charge in [-0.1, -0.05) is 18.2 Å². The number of halogens is 1. The lowest BCUT2D eigenvalue weighted by Gasteiger charge is -2.08. The summed E-state index contributed by atoms with van der Waals surface area (Å²) in [6.07, 6.45) is -0.160. The summed E-state index contributed by atoms with van der Waals surface area (Å²) in [5, 5.41) is 2.96. The first-order valence-electron chi connectivity index (χ1n) is 4.47. The lowest BCUT2D eigenvalue weighted by atomic mass is 10.0. The summed E-state index contributed by atoms with van der Waals surface area (Å²) >= 11 is 0. The molecule has 4 nitrogen and oxygen atoms in total. The van der Waals surface area contributed by atoms with Crippen molar-refractivity contribution < 1.29 is 9.18 Å². The van der Waals surface area contributed by atoms with Crippen LogP contribution in [0.1, 0.15) is 21.5 Å². The van der Waals surface area contributed by atoms with Crippen molar-refractivity contribution in [2.24, 2.45) is 5.11 Å². The number of carbonyl (C=O) groups is 1. The summed E-state index contributed by atoms with van der Waals surface area (Å²) in [5.74, 6) is -3.16. The molecule has 0 saturated heterocycles. The van der Waals surface area contributed by atoms with E-state index in [1.54, 1.807) is 25.1 Å². The molecule has 0 saturated carbocycles. The van der Waals surface area contributed by atoms with Gasteiger partial charge in [-0.2, -0.15) is 0 Å². The highest BCUT2D eigenvalue weighted by Gasteiger charge is 2.46. The first-order chi connectivity index (χ1) is 7.08. The number of benzene rings is 1. The predicted molar refractivity (Wildman–Crippen MR) is 52.2 cm³/mol. The van der Waals surface area contributed by atoms with Crippen molar-refractivity contribution >= 4 is 5.78 Å². The van der Waals surface area contributed by atoms with E-state index in [0.717, 1.165) is 0 Å². The van der Waals surface area contributed by atoms with Crippen molar-refractivity contribution in [3.63, 3.8) is 0 Å². The standard InChI is InChI=1S/C10H8FN3O/c1-6-3-2-4-7-5-10(11,13-14-12)9(15)8(6)7/h2-4H,5H2,1H3. The molecule has 1 aliphatic rings. The van der Waals surface area contributed by atoms with Gasteiger partial charge in [0.15, 0.2) is 0 Å². The van der Waals surface area contributed by atoms with Crippen LogP contribution in [0.25, 0.3) is 10.4 Å². The van der Waals surface area contributed by atoms with Crippen LogP contribution in [-0.2, 0) is 6.42 Å². The highest BCUT2D eigenvalue weighted by atomic mass is 19.1. The van der Waals surface area contributed by atoms with E-state index in [9.17, 15) is 9.18 Å². The number of fused-ring (bicyclic) bond motifs is 1. The van der Waals surface area contributed by atoms with E-state index in [2.05, 4.69) is 10.0 Å². The van der Waals surface area contributed by atoms with Gasteiger partial charge in [0.1, 0.15) is 0 Å². The molecule has 0 bridgehead atoms. The van der Waals surface area contributed by atoms with Crippen molar-refractivity contribution in [1.82, 2.24) is 0 Å². The fraction of sp³-hybridized carbons (Fsp3) is 0.300. The number of alkyl halides is 1. The van der Waals surface area contributed by atoms with Crippen LogP contribution in [0.4, 0.5) is 4.39 Å². The summed E-state index contributed by atoms with van der Waals surface area (Å²) in [7, 11) is 0. The van der Waals surface area contributed by atoms with E-state index >= 15 is 0 Å². The molecule has 1 unspecified atom stereocenters. The Morgan fingerprint density at radius 3 is 2.93 bits per heavy atom. The Kier molecular flexibility index (Phi) is 1.98. The number of azide groups is 1. The van der Waals surface area contributed by atoms with Gasteiger partial charge in [0.05, 0.1) is 0 Å². The third-order valence-corrected chi connectivity index (χ3v) is 2.56. The molecule has 0 spiro atoms. The van der Waals surface area contributed by atoms with Crippen molar-refractivity contribution in [2.45, 2.75) is 19.1 Å². The second-order valence-electron chi connectivity index (χ2n) is 3.56. The normalized spacial score (nSPS) is 23.5. The molecule has 1 aromatic carbocycles. The molecule has 2 rings (SSSR count). The molecule has 0 aliphatic heterocycles. The third-order valence-electron chi connectivity index (χ3n) is 2.56. The van der Waals surface area contributed by atoms with Crippen LogP contribution in [0.2, 0.25) is 0 Å². The van der Waals surface area contributed by atoms with E-state index in [1.807, 2.05) is 0 Å². The number of rotatable bonds is 1. The Balaban J connectivity index is 2.60. The molecule has 0 amide bonds. The average molecular weight is 205 g/mol. The summed E-state index contributed by atoms with van der Waals surface area (Å²) < 4.78 is 13.9. The maximum atomic E-state index is 13.9. The Morgan fingerprint density at radius 2 is 2.33 bits per heavy atom. The van der Waals surface area contributed by atoms with Crippen molar-refractivity contribution in [3.8, 4) is 0 Å². The average Bonchev–Trinajstić information content (AvgIpc) is 2.41. The second kappa shape index (κ2) is 3.07. The van der Waals surface area contributed by atoms with Crippen molar-refractivity contribution in [1.29, 1.82) is 0 Å². The summed E-state index contributed by atoms with van der Waals surface area (Å²) in [4.78, 5) is 14.1. The maximum Gasteiger partial charge on any atom is 0.255 e. The zero-order valence-electron chi connectivity index (χ0n) is 8.07. The summed E-state index contributed by atoms with van der Waals surface area (Å²) in [6.45, 7) is 1.73. The molecule has 0 aromatic heterocycles. The van der Waals surface area contributed by atoms with Crippen molar-refractivity contribution in [3.05, 3.63) is 45.3 Å². The van der Waals surface area contributed by atoms with Gasteiger partial charge in [-0.05, 0) is 28.7 Å². The zero-order chi connectivity index (χ0) is 11.1. The van der Waals surface area contributed by atoms with Crippen LogP contribution in [0.3, 0.4) is 0 Å². The summed E-state index contributed by atoms with van der Waals surface area (Å²) in [6, 6.07) is 5.16. The van der Waals surface area contributed by atoms with Crippen LogP contribution in [0.15, 0.2) is 23.3 Å². The van der Waals surface area contributed by atoms with Gasteiger partial charge in [-0.15, -0.1) is 0 Å². The van der Waals surface area contributed by atoms with Crippen molar-refractivity contribution in [2.75, 3.05) is 0 Å². The van der Waals surface area contributed by atoms with E-state index in [1.165, 1.54) is 0 Å². The van der Waals surface area contributed by atoms with Crippen LogP contribution in [-0.4, -0.2) is 11.6 Å². The van der Waals surface area contributed by atoms with E-state index in [0.29, 0.717) is 16.7 Å². The van der Waals surface area contributed by atoms with Gasteiger partial charge in [0.25, 0.3) is 5.79 Å². The first-order valence-corrected chi connectivity index (χ1v) is 4.47. The molecule has 0 radical (unpaired) electrons. The lowest BCUT2D eigenvalue weighted by Crippen LogP contribution is -2.27. The minimum absolute atomic E-state index is 0.160. The van der Waals surface area contributed by atoms with Gasteiger partial charge < -0.3 is 0 Å². The third kappa shape index (κ3) is 1.28. The molecular weight excluding hydrogens is 197 g/mol. The molecule has 1 aromatic rings. The fourth-order valence-electron chi connectivity index (χ4n) is 1.88. The van der Waals surface area contributed by atoms with Gasteiger partial charge in [-0.3, -0.25) is 4.79 Å². The molecule has 76 valence electrons. The van der Waals surface area contributed by atoms with Crippen LogP contribution in [0.5, 0.6) is 0 Å². The number of hydrogen-bond donors (Lipinski definition) is 0. The minimum atomic E-state index is -2.43. The van der Waals surface area contributed by atoms with Gasteiger partial charge >= 0.3 is 0 Å². The highest BCUT2D eigenvalue weighted by molar-refractivity contribution is 6.07. The maximum absolute atomic E-state index is 13.9. The van der Waals surface area contributed by atoms with Gasteiger partial charge in [-0.25, -0.2) is 4.39 Å². The van der Waals surface area contributed by atoms with Crippen LogP contribution >= 0.6 is 0 Å². The molecule has 1 aliphatic carbocycles. The number of hydrogen-bond acceptors (Lipinski definition) is 2. The molecule has 0 heterocycles. The quantitative estimate of drug-likeness (QED) is 0.301. The molecule has 5 heteroatoms. The molecular formula is C10H8FN3O. The first kappa shape index (κ1) is 9.68. The Morgan fingerprint density at radius 1 is 1.60 bits per heavy atom. The topological polar surface area (TPSA) is 65.8 Å². The van der Waals surface area contributed by atoms with Crippen LogP contribution in [0, 0.1) is 6.92 Å². The second-order valence-corrected chi connectivity index (χ2v) is 3.56. The number of ketones is 1. The SMILES string of the molecule is Cc1cccc2c1C(=O)C(F)(N=[N+]=[N-])C2. The Bertz CT molecular complexity index is 493. The molecule has 15 heavy (non-hydrogen) atoms. The molecule has 1 atom stereocenters.